The number of carbonyl (C=O) groups is 2. The molecule has 0 fully saturated rings. The van der Waals surface area contributed by atoms with Gasteiger partial charge >= 0.3 is 5.97 Å². The molecule has 0 aromatic heterocycles. The zero-order chi connectivity index (χ0) is 23.2. The summed E-state index contributed by atoms with van der Waals surface area (Å²) in [6.45, 7) is 3.79. The molecular weight excluding hydrogens is 463 g/mol. The summed E-state index contributed by atoms with van der Waals surface area (Å²) in [4.78, 5) is 25.2. The molecule has 0 radical (unpaired) electrons. The van der Waals surface area contributed by atoms with Gasteiger partial charge in [-0.1, -0.05) is 49.2 Å². The highest BCUT2D eigenvalue weighted by Crippen LogP contribution is 2.25. The first-order valence-corrected chi connectivity index (χ1v) is 12.1. The number of anilines is 1. The van der Waals surface area contributed by atoms with Gasteiger partial charge in [0, 0.05) is 12.2 Å². The van der Waals surface area contributed by atoms with Crippen molar-refractivity contribution >= 4 is 50.8 Å². The highest BCUT2D eigenvalue weighted by molar-refractivity contribution is 7.88. The van der Waals surface area contributed by atoms with Crippen LogP contribution in [0.1, 0.15) is 29.8 Å². The van der Waals surface area contributed by atoms with Crippen LogP contribution in [-0.4, -0.2) is 39.2 Å². The fraction of sp³-hybridized carbons (Fsp3) is 0.333. The van der Waals surface area contributed by atoms with Gasteiger partial charge < -0.3 is 10.1 Å². The van der Waals surface area contributed by atoms with E-state index < -0.39 is 28.0 Å². The second-order valence-electron chi connectivity index (χ2n) is 7.30. The Morgan fingerprint density at radius 1 is 1.03 bits per heavy atom. The number of sulfonamides is 1. The fourth-order valence-electron chi connectivity index (χ4n) is 2.65. The van der Waals surface area contributed by atoms with E-state index in [1.807, 2.05) is 0 Å². The van der Waals surface area contributed by atoms with E-state index in [9.17, 15) is 18.0 Å². The molecule has 0 saturated carbocycles. The van der Waals surface area contributed by atoms with Crippen LogP contribution in [0, 0.1) is 5.92 Å². The summed E-state index contributed by atoms with van der Waals surface area (Å²) >= 11 is 11.8. The lowest BCUT2D eigenvalue weighted by Gasteiger charge is -2.21. The Morgan fingerprint density at radius 2 is 1.68 bits per heavy atom. The van der Waals surface area contributed by atoms with Gasteiger partial charge in [0.25, 0.3) is 5.91 Å². The summed E-state index contributed by atoms with van der Waals surface area (Å²) in [7, 11) is -3.25. The second-order valence-corrected chi connectivity index (χ2v) is 9.95. The number of benzene rings is 2. The minimum Gasteiger partial charge on any atom is -0.448 e. The van der Waals surface area contributed by atoms with Crippen LogP contribution in [0.3, 0.4) is 0 Å². The van der Waals surface area contributed by atoms with Gasteiger partial charge in [-0.05, 0) is 48.2 Å². The van der Waals surface area contributed by atoms with E-state index in [1.165, 1.54) is 6.07 Å². The molecule has 1 atom stereocenters. The minimum absolute atomic E-state index is 0.257. The van der Waals surface area contributed by atoms with Crippen LogP contribution in [0.5, 0.6) is 0 Å². The molecule has 1 unspecified atom stereocenters. The monoisotopic (exact) mass is 486 g/mol. The average Bonchev–Trinajstić information content (AvgIpc) is 2.68. The van der Waals surface area contributed by atoms with Crippen molar-refractivity contribution in [2.75, 3.05) is 18.1 Å². The Bertz CT molecular complexity index is 1040. The van der Waals surface area contributed by atoms with Crippen molar-refractivity contribution in [2.45, 2.75) is 26.4 Å². The lowest BCUT2D eigenvalue weighted by atomic mass is 10.1. The summed E-state index contributed by atoms with van der Waals surface area (Å²) < 4.78 is 30.1. The zero-order valence-electron chi connectivity index (χ0n) is 17.3. The predicted molar refractivity (Wildman–Crippen MR) is 122 cm³/mol. The van der Waals surface area contributed by atoms with E-state index in [0.717, 1.165) is 11.8 Å². The van der Waals surface area contributed by atoms with Crippen LogP contribution >= 0.6 is 23.2 Å². The van der Waals surface area contributed by atoms with Crippen molar-refractivity contribution in [1.29, 1.82) is 0 Å². The van der Waals surface area contributed by atoms with E-state index in [1.54, 1.807) is 50.2 Å². The molecule has 2 rings (SSSR count). The topological polar surface area (TPSA) is 102 Å². The minimum atomic E-state index is -3.25. The van der Waals surface area contributed by atoms with Crippen LogP contribution < -0.4 is 10.0 Å². The summed E-state index contributed by atoms with van der Waals surface area (Å²) in [6, 6.07) is 11.2. The van der Waals surface area contributed by atoms with Gasteiger partial charge in [-0.25, -0.2) is 17.9 Å². The zero-order valence-corrected chi connectivity index (χ0v) is 19.6. The third-order valence-electron chi connectivity index (χ3n) is 4.25. The molecule has 0 saturated heterocycles. The average molecular weight is 487 g/mol. The van der Waals surface area contributed by atoms with Gasteiger partial charge in [0.1, 0.15) is 0 Å². The first kappa shape index (κ1) is 25.1. The first-order chi connectivity index (χ1) is 14.5. The number of hydrogen-bond donors (Lipinski definition) is 2. The van der Waals surface area contributed by atoms with Crippen LogP contribution in [-0.2, 0) is 26.0 Å². The van der Waals surface area contributed by atoms with Gasteiger partial charge in [0.05, 0.1) is 21.9 Å². The van der Waals surface area contributed by atoms with Gasteiger partial charge in [0.2, 0.25) is 10.0 Å². The SMILES string of the molecule is CC(C)C(OC(=O)c1ccc(CCNS(C)(=O)=O)cc1)C(=O)Nc1ccc(Cl)c(Cl)c1. The largest absolute Gasteiger partial charge is 0.448 e. The van der Waals surface area contributed by atoms with E-state index in [4.69, 9.17) is 27.9 Å². The predicted octanol–water partition coefficient (Wildman–Crippen LogP) is 3.91. The molecule has 2 aromatic rings. The number of ether oxygens (including phenoxy) is 1. The summed E-state index contributed by atoms with van der Waals surface area (Å²) in [5.74, 6) is -1.39. The molecule has 2 aromatic carbocycles. The number of rotatable bonds is 9. The van der Waals surface area contributed by atoms with Crippen molar-refractivity contribution in [1.82, 2.24) is 4.72 Å². The van der Waals surface area contributed by atoms with Crippen LogP contribution in [0.2, 0.25) is 10.0 Å². The molecule has 168 valence electrons. The van der Waals surface area contributed by atoms with E-state index in [0.29, 0.717) is 22.2 Å². The Morgan fingerprint density at radius 3 is 2.23 bits per heavy atom. The molecule has 0 aliphatic heterocycles. The van der Waals surface area contributed by atoms with Crippen molar-refractivity contribution in [3.05, 3.63) is 63.6 Å². The molecule has 7 nitrogen and oxygen atoms in total. The summed E-state index contributed by atoms with van der Waals surface area (Å²) in [6.07, 6.45) is 0.554. The number of amides is 1. The van der Waals surface area contributed by atoms with Crippen molar-refractivity contribution in [2.24, 2.45) is 5.92 Å². The molecule has 0 bridgehead atoms. The van der Waals surface area contributed by atoms with Gasteiger partial charge in [-0.2, -0.15) is 0 Å². The molecular formula is C21H24Cl2N2O5S. The van der Waals surface area contributed by atoms with E-state index in [-0.39, 0.29) is 18.0 Å². The number of halogens is 2. The molecule has 10 heteroatoms. The van der Waals surface area contributed by atoms with Gasteiger partial charge in [0.15, 0.2) is 6.10 Å². The van der Waals surface area contributed by atoms with Crippen LogP contribution in [0.15, 0.2) is 42.5 Å². The summed E-state index contributed by atoms with van der Waals surface area (Å²) in [5.41, 5.74) is 1.58. The van der Waals surface area contributed by atoms with Crippen LogP contribution in [0.25, 0.3) is 0 Å². The van der Waals surface area contributed by atoms with E-state index in [2.05, 4.69) is 10.0 Å². The first-order valence-electron chi connectivity index (χ1n) is 9.46. The Labute approximate surface area is 192 Å². The molecule has 1 amide bonds. The molecule has 0 spiro atoms. The maximum absolute atomic E-state index is 12.7. The highest BCUT2D eigenvalue weighted by atomic mass is 35.5. The lowest BCUT2D eigenvalue weighted by molar-refractivity contribution is -0.126. The highest BCUT2D eigenvalue weighted by Gasteiger charge is 2.27. The van der Waals surface area contributed by atoms with Gasteiger partial charge in [-0.3, -0.25) is 4.79 Å². The molecule has 0 heterocycles. The van der Waals surface area contributed by atoms with Crippen molar-refractivity contribution < 1.29 is 22.7 Å². The van der Waals surface area contributed by atoms with E-state index >= 15 is 0 Å². The van der Waals surface area contributed by atoms with Crippen molar-refractivity contribution in [3.63, 3.8) is 0 Å². The summed E-state index contributed by atoms with van der Waals surface area (Å²) in [5, 5.41) is 3.34. The number of hydrogen-bond acceptors (Lipinski definition) is 5. The molecule has 0 aliphatic carbocycles. The standard InChI is InChI=1S/C21H24Cl2N2O5S/c1-13(2)19(20(26)25-16-8-9-17(22)18(23)12-16)30-21(27)15-6-4-14(5-7-15)10-11-24-31(3,28)29/h4-9,12-13,19,24H,10-11H2,1-3H3,(H,25,26). The maximum Gasteiger partial charge on any atom is 0.338 e. The third kappa shape index (κ3) is 8.14. The molecule has 0 aliphatic rings. The molecule has 2 N–H and O–H groups in total. The van der Waals surface area contributed by atoms with Crippen LogP contribution in [0.4, 0.5) is 5.69 Å². The normalized spacial score (nSPS) is 12.5. The second kappa shape index (κ2) is 10.9. The smallest absolute Gasteiger partial charge is 0.338 e. The lowest BCUT2D eigenvalue weighted by Crippen LogP contribution is -2.36. The van der Waals surface area contributed by atoms with Gasteiger partial charge in [-0.15, -0.1) is 0 Å². The number of carbonyl (C=O) groups excluding carboxylic acids is 2. The third-order valence-corrected chi connectivity index (χ3v) is 5.72. The number of nitrogens with one attached hydrogen (secondary N) is 2. The quantitative estimate of drug-likeness (QED) is 0.523. The van der Waals surface area contributed by atoms with Crippen molar-refractivity contribution in [3.8, 4) is 0 Å². The number of esters is 1. The Hall–Kier alpha value is -2.13. The fourth-order valence-corrected chi connectivity index (χ4v) is 3.42. The Balaban J connectivity index is 2.01. The maximum atomic E-state index is 12.7. The molecule has 31 heavy (non-hydrogen) atoms. The Kier molecular flexibility index (Phi) is 8.88.